The van der Waals surface area contributed by atoms with Crippen LogP contribution in [0.15, 0.2) is 86.5 Å². The van der Waals surface area contributed by atoms with Gasteiger partial charge in [0, 0.05) is 18.8 Å². The van der Waals surface area contributed by atoms with E-state index in [-0.39, 0.29) is 17.7 Å². The summed E-state index contributed by atoms with van der Waals surface area (Å²) >= 11 is 1.39. The molecule has 7 nitrogen and oxygen atoms in total. The molecule has 0 radical (unpaired) electrons. The van der Waals surface area contributed by atoms with Crippen LogP contribution in [-0.2, 0) is 4.79 Å². The van der Waals surface area contributed by atoms with Crippen LogP contribution in [0.25, 0.3) is 5.69 Å². The lowest BCUT2D eigenvalue weighted by atomic mass is 10.1. The lowest BCUT2D eigenvalue weighted by Crippen LogP contribution is -2.28. The van der Waals surface area contributed by atoms with Gasteiger partial charge in [-0.15, -0.1) is 0 Å². The zero-order valence-electron chi connectivity index (χ0n) is 17.8. The Balaban J connectivity index is 1.37. The third-order valence-corrected chi connectivity index (χ3v) is 6.56. The van der Waals surface area contributed by atoms with Gasteiger partial charge in [-0.05, 0) is 55.3 Å². The van der Waals surface area contributed by atoms with Crippen molar-refractivity contribution in [3.8, 4) is 5.69 Å². The molecule has 1 aliphatic heterocycles. The number of nitrogens with zero attached hydrogens (tertiary/aromatic N) is 4. The number of hydrogen-bond donors (Lipinski definition) is 0. The van der Waals surface area contributed by atoms with Gasteiger partial charge in [-0.2, -0.15) is 5.10 Å². The molecule has 1 aromatic carbocycles. The normalized spacial score (nSPS) is 15.9. The van der Waals surface area contributed by atoms with E-state index in [9.17, 15) is 4.79 Å². The molecule has 0 spiro atoms. The van der Waals surface area contributed by atoms with Gasteiger partial charge in [-0.25, -0.2) is 9.99 Å². The molecule has 162 valence electrons. The molecule has 0 aliphatic carbocycles. The van der Waals surface area contributed by atoms with Crippen molar-refractivity contribution in [1.29, 1.82) is 0 Å². The molecular formula is C24H22N4O3S. The first-order valence-corrected chi connectivity index (χ1v) is 11.3. The Morgan fingerprint density at radius 2 is 1.97 bits per heavy atom. The van der Waals surface area contributed by atoms with Gasteiger partial charge in [0.05, 0.1) is 24.0 Å². The molecule has 4 heterocycles. The van der Waals surface area contributed by atoms with Crippen molar-refractivity contribution in [2.24, 2.45) is 5.10 Å². The summed E-state index contributed by atoms with van der Waals surface area (Å²) in [6.07, 6.45) is 7.42. The van der Waals surface area contributed by atoms with Gasteiger partial charge in [0.25, 0.3) is 5.91 Å². The zero-order valence-corrected chi connectivity index (χ0v) is 18.6. The Labute approximate surface area is 189 Å². The molecule has 0 fully saturated rings. The van der Waals surface area contributed by atoms with Gasteiger partial charge >= 0.3 is 0 Å². The van der Waals surface area contributed by atoms with E-state index in [2.05, 4.69) is 36.1 Å². The average Bonchev–Trinajstić information content (AvgIpc) is 3.60. The lowest BCUT2D eigenvalue weighted by molar-refractivity contribution is -0.130. The highest BCUT2D eigenvalue weighted by Gasteiger charge is 2.35. The Kier molecular flexibility index (Phi) is 5.45. The van der Waals surface area contributed by atoms with Gasteiger partial charge in [0.1, 0.15) is 23.3 Å². The van der Waals surface area contributed by atoms with E-state index in [1.165, 1.54) is 27.9 Å². The number of hydrazone groups is 1. The third-order valence-electron chi connectivity index (χ3n) is 5.61. The van der Waals surface area contributed by atoms with Crippen LogP contribution in [0, 0.1) is 13.8 Å². The summed E-state index contributed by atoms with van der Waals surface area (Å²) in [5.74, 6) is 1.45. The second kappa shape index (κ2) is 8.55. The maximum Gasteiger partial charge on any atom is 0.253 e. The fourth-order valence-corrected chi connectivity index (χ4v) is 4.62. The number of furan rings is 2. The van der Waals surface area contributed by atoms with Gasteiger partial charge in [-0.1, -0.05) is 23.9 Å². The molecule has 0 N–H and O–H groups in total. The van der Waals surface area contributed by atoms with Crippen molar-refractivity contribution >= 4 is 23.4 Å². The summed E-state index contributed by atoms with van der Waals surface area (Å²) in [5, 5.41) is 6.85. The minimum atomic E-state index is -0.294. The minimum absolute atomic E-state index is 0.117. The van der Waals surface area contributed by atoms with E-state index in [0.717, 1.165) is 16.6 Å². The smallest absolute Gasteiger partial charge is 0.253 e. The van der Waals surface area contributed by atoms with Crippen molar-refractivity contribution in [3.05, 3.63) is 90.0 Å². The molecule has 0 bridgehead atoms. The molecule has 1 amide bonds. The molecule has 8 heteroatoms. The number of hydrogen-bond acceptors (Lipinski definition) is 6. The Hall–Kier alpha value is -3.52. The van der Waals surface area contributed by atoms with Crippen LogP contribution in [-0.4, -0.2) is 31.9 Å². The number of carbonyl (C=O) groups excluding carboxylic acids is 1. The summed E-state index contributed by atoms with van der Waals surface area (Å²) in [6, 6.07) is 13.2. The Morgan fingerprint density at radius 3 is 2.75 bits per heavy atom. The van der Waals surface area contributed by atoms with Crippen LogP contribution in [0.3, 0.4) is 0 Å². The predicted molar refractivity (Wildman–Crippen MR) is 122 cm³/mol. The first-order chi connectivity index (χ1) is 15.6. The van der Waals surface area contributed by atoms with Crippen molar-refractivity contribution in [3.63, 3.8) is 0 Å². The highest BCUT2D eigenvalue weighted by molar-refractivity contribution is 7.99. The van der Waals surface area contributed by atoms with E-state index in [1.54, 1.807) is 18.7 Å². The molecule has 1 atom stereocenters. The average molecular weight is 447 g/mol. The highest BCUT2D eigenvalue weighted by Crippen LogP contribution is 2.34. The summed E-state index contributed by atoms with van der Waals surface area (Å²) in [5.41, 5.74) is 4.18. The molecule has 0 saturated heterocycles. The highest BCUT2D eigenvalue weighted by atomic mass is 32.2. The van der Waals surface area contributed by atoms with Crippen LogP contribution in [0.1, 0.15) is 35.1 Å². The number of aromatic nitrogens is 2. The summed E-state index contributed by atoms with van der Waals surface area (Å²) in [6.45, 7) is 4.18. The largest absolute Gasteiger partial charge is 0.467 e. The first kappa shape index (κ1) is 20.4. The van der Waals surface area contributed by atoms with Crippen LogP contribution < -0.4 is 0 Å². The molecule has 0 saturated carbocycles. The van der Waals surface area contributed by atoms with Crippen LogP contribution in [0.2, 0.25) is 0 Å². The Bertz CT molecular complexity index is 1260. The second-order valence-electron chi connectivity index (χ2n) is 7.59. The maximum atomic E-state index is 13.2. The van der Waals surface area contributed by atoms with Gasteiger partial charge in [-0.3, -0.25) is 9.36 Å². The van der Waals surface area contributed by atoms with E-state index in [4.69, 9.17) is 8.83 Å². The number of amides is 1. The number of benzene rings is 1. The number of carbonyl (C=O) groups is 1. The van der Waals surface area contributed by atoms with Gasteiger partial charge in [0.2, 0.25) is 0 Å². The SMILES string of the molecule is Cc1cccc(-n2ccnc2SCC(=O)N2N=C(c3ccco3)CC2c2ccco2)c1C. The topological polar surface area (TPSA) is 76.8 Å². The van der Waals surface area contributed by atoms with Crippen molar-refractivity contribution in [2.45, 2.75) is 31.5 Å². The predicted octanol–water partition coefficient (Wildman–Crippen LogP) is 5.15. The van der Waals surface area contributed by atoms with Crippen LogP contribution >= 0.6 is 11.8 Å². The molecular weight excluding hydrogens is 424 g/mol. The molecule has 1 aliphatic rings. The number of imidazole rings is 1. The fourth-order valence-electron chi connectivity index (χ4n) is 3.80. The van der Waals surface area contributed by atoms with Gasteiger partial charge in [0.15, 0.2) is 5.16 Å². The van der Waals surface area contributed by atoms with E-state index in [0.29, 0.717) is 17.9 Å². The Morgan fingerprint density at radius 1 is 1.12 bits per heavy atom. The lowest BCUT2D eigenvalue weighted by Gasteiger charge is -2.19. The molecule has 3 aromatic heterocycles. The van der Waals surface area contributed by atoms with Crippen molar-refractivity contribution in [1.82, 2.24) is 14.6 Å². The molecule has 32 heavy (non-hydrogen) atoms. The quantitative estimate of drug-likeness (QED) is 0.383. The summed E-state index contributed by atoms with van der Waals surface area (Å²) < 4.78 is 13.1. The zero-order chi connectivity index (χ0) is 22.1. The fraction of sp³-hybridized carbons (Fsp3) is 0.208. The number of aryl methyl sites for hydroxylation is 1. The van der Waals surface area contributed by atoms with E-state index >= 15 is 0 Å². The number of rotatable bonds is 6. The first-order valence-electron chi connectivity index (χ1n) is 10.3. The third kappa shape index (κ3) is 3.78. The molecule has 4 aromatic rings. The molecule has 5 rings (SSSR count). The standard InChI is InChI=1S/C24H22N4O3S/c1-16-6-3-7-19(17(16)2)27-11-10-25-24(27)32-15-23(29)28-20(22-9-5-13-31-22)14-18(26-28)21-8-4-12-30-21/h3-13,20H,14-15H2,1-2H3. The van der Waals surface area contributed by atoms with Crippen molar-refractivity contribution < 1.29 is 13.6 Å². The summed E-state index contributed by atoms with van der Waals surface area (Å²) in [7, 11) is 0. The maximum absolute atomic E-state index is 13.2. The second-order valence-corrected chi connectivity index (χ2v) is 8.53. The van der Waals surface area contributed by atoms with E-state index < -0.39 is 0 Å². The van der Waals surface area contributed by atoms with E-state index in [1.807, 2.05) is 41.1 Å². The number of thioether (sulfide) groups is 1. The molecule has 1 unspecified atom stereocenters. The van der Waals surface area contributed by atoms with Crippen molar-refractivity contribution in [2.75, 3.05) is 5.75 Å². The minimum Gasteiger partial charge on any atom is -0.467 e. The van der Waals surface area contributed by atoms with Crippen LogP contribution in [0.5, 0.6) is 0 Å². The monoisotopic (exact) mass is 446 g/mol. The summed E-state index contributed by atoms with van der Waals surface area (Å²) in [4.78, 5) is 17.7. The van der Waals surface area contributed by atoms with Gasteiger partial charge < -0.3 is 8.83 Å². The van der Waals surface area contributed by atoms with Crippen LogP contribution in [0.4, 0.5) is 0 Å².